The lowest BCUT2D eigenvalue weighted by Crippen LogP contribution is -2.23. The molecule has 2 aromatic heterocycles. The molecule has 0 N–H and O–H groups in total. The zero-order chi connectivity index (χ0) is 14.1. The number of hydrogen-bond donors (Lipinski definition) is 0. The van der Waals surface area contributed by atoms with Gasteiger partial charge in [-0.3, -0.25) is 0 Å². The minimum Gasteiger partial charge on any atom is -0.193 e. The average Bonchev–Trinajstić information content (AvgIpc) is 3.04. The van der Waals surface area contributed by atoms with Crippen LogP contribution in [-0.4, -0.2) is 9.78 Å². The Morgan fingerprint density at radius 2 is 1.76 bits per heavy atom. The minimum atomic E-state index is 0.378. The first-order valence-corrected chi connectivity index (χ1v) is 7.51. The molecule has 102 valence electrons. The van der Waals surface area contributed by atoms with Crippen LogP contribution in [0.15, 0.2) is 42.5 Å². The van der Waals surface area contributed by atoms with Crippen molar-refractivity contribution in [3.05, 3.63) is 53.9 Å². The van der Waals surface area contributed by atoms with Crippen molar-refractivity contribution in [3.63, 3.8) is 0 Å². The van der Waals surface area contributed by atoms with Crippen molar-refractivity contribution < 1.29 is 4.40 Å². The third-order valence-electron chi connectivity index (χ3n) is 4.58. The van der Waals surface area contributed by atoms with Gasteiger partial charge in [-0.05, 0) is 25.3 Å². The predicted octanol–water partition coefficient (Wildman–Crippen LogP) is 3.41. The van der Waals surface area contributed by atoms with Gasteiger partial charge in [0.1, 0.15) is 11.6 Å². The third kappa shape index (κ3) is 1.24. The quantitative estimate of drug-likeness (QED) is 0.339. The maximum Gasteiger partial charge on any atom is 0.314 e. The normalized spacial score (nSPS) is 13.5. The van der Waals surface area contributed by atoms with E-state index >= 15 is 0 Å². The Hall–Kier alpha value is -2.42. The van der Waals surface area contributed by atoms with Gasteiger partial charge in [0.05, 0.1) is 11.8 Å². The second-order valence-corrected chi connectivity index (χ2v) is 6.15. The molecule has 0 bridgehead atoms. The summed E-state index contributed by atoms with van der Waals surface area (Å²) in [5.74, 6) is 1.30. The lowest BCUT2D eigenvalue weighted by Gasteiger charge is -2.03. The largest absolute Gasteiger partial charge is 0.314 e. The van der Waals surface area contributed by atoms with Crippen molar-refractivity contribution in [2.75, 3.05) is 0 Å². The van der Waals surface area contributed by atoms with E-state index in [1.165, 1.54) is 33.1 Å². The molecule has 0 amide bonds. The van der Waals surface area contributed by atoms with E-state index < -0.39 is 0 Å². The molecular formula is C18H16N3+. The number of hydrogen-bond acceptors (Lipinski definition) is 1. The molecule has 0 unspecified atom stereocenters. The van der Waals surface area contributed by atoms with Crippen molar-refractivity contribution in [2.45, 2.75) is 26.3 Å². The van der Waals surface area contributed by atoms with Crippen LogP contribution < -0.4 is 4.40 Å². The highest BCUT2D eigenvalue weighted by atomic mass is 15.4. The van der Waals surface area contributed by atoms with Crippen molar-refractivity contribution in [2.24, 2.45) is 0 Å². The summed E-state index contributed by atoms with van der Waals surface area (Å²) in [6.45, 7) is 4.40. The van der Waals surface area contributed by atoms with Crippen molar-refractivity contribution in [3.8, 4) is 0 Å². The van der Waals surface area contributed by atoms with Gasteiger partial charge in [-0.1, -0.05) is 36.4 Å². The number of rotatable bonds is 1. The minimum absolute atomic E-state index is 0.378. The van der Waals surface area contributed by atoms with E-state index in [4.69, 9.17) is 5.10 Å². The second-order valence-electron chi connectivity index (χ2n) is 6.15. The molecule has 0 radical (unpaired) electrons. The molecule has 0 saturated carbocycles. The first-order chi connectivity index (χ1) is 10.3. The van der Waals surface area contributed by atoms with Crippen molar-refractivity contribution in [1.29, 1.82) is 0 Å². The van der Waals surface area contributed by atoms with Crippen molar-refractivity contribution in [1.82, 2.24) is 9.78 Å². The van der Waals surface area contributed by atoms with Gasteiger partial charge in [0.25, 0.3) is 0 Å². The van der Waals surface area contributed by atoms with Crippen LogP contribution in [-0.2, 0) is 6.42 Å². The van der Waals surface area contributed by atoms with Crippen LogP contribution in [0, 0.1) is 0 Å². The second kappa shape index (κ2) is 3.61. The van der Waals surface area contributed by atoms with Crippen LogP contribution in [0.4, 0.5) is 0 Å². The standard InChI is InChI=1S/C18H16N3/c1-11(2)21-16-10-12-6-5-9-14-13-7-3-4-8-15(13)18(19-21)20(16)17(12)14/h3-9,11H,10H2,1-2H3/q+1. The van der Waals surface area contributed by atoms with E-state index in [-0.39, 0.29) is 0 Å². The molecule has 3 nitrogen and oxygen atoms in total. The van der Waals surface area contributed by atoms with E-state index in [2.05, 4.69) is 65.4 Å². The summed E-state index contributed by atoms with van der Waals surface area (Å²) in [5.41, 5.74) is 3.84. The fourth-order valence-electron chi connectivity index (χ4n) is 3.71. The summed E-state index contributed by atoms with van der Waals surface area (Å²) in [6.07, 6.45) is 0.975. The fourth-order valence-corrected chi connectivity index (χ4v) is 3.71. The molecule has 0 aliphatic carbocycles. The van der Waals surface area contributed by atoms with Crippen LogP contribution >= 0.6 is 0 Å². The van der Waals surface area contributed by atoms with E-state index in [9.17, 15) is 0 Å². The maximum atomic E-state index is 4.91. The van der Waals surface area contributed by atoms with E-state index in [1.54, 1.807) is 0 Å². The Morgan fingerprint density at radius 3 is 2.57 bits per heavy atom. The summed E-state index contributed by atoms with van der Waals surface area (Å²) < 4.78 is 4.55. The highest BCUT2D eigenvalue weighted by Gasteiger charge is 2.32. The lowest BCUT2D eigenvalue weighted by molar-refractivity contribution is -0.486. The number of aromatic nitrogens is 3. The van der Waals surface area contributed by atoms with Gasteiger partial charge >= 0.3 is 5.65 Å². The number of fused-ring (bicyclic) bond motifs is 3. The molecule has 2 aromatic carbocycles. The number of benzene rings is 2. The zero-order valence-corrected chi connectivity index (χ0v) is 12.2. The van der Waals surface area contributed by atoms with Gasteiger partial charge in [-0.15, -0.1) is 4.68 Å². The smallest absolute Gasteiger partial charge is 0.193 e. The first-order valence-electron chi connectivity index (χ1n) is 7.51. The number of para-hydroxylation sites is 1. The Labute approximate surface area is 122 Å². The van der Waals surface area contributed by atoms with Gasteiger partial charge < -0.3 is 0 Å². The van der Waals surface area contributed by atoms with E-state index in [0.717, 1.165) is 12.1 Å². The summed E-state index contributed by atoms with van der Waals surface area (Å²) in [7, 11) is 0. The van der Waals surface area contributed by atoms with Gasteiger partial charge in [0.15, 0.2) is 0 Å². The molecule has 1 aliphatic rings. The van der Waals surface area contributed by atoms with Gasteiger partial charge in [0.2, 0.25) is 5.82 Å². The molecule has 21 heavy (non-hydrogen) atoms. The van der Waals surface area contributed by atoms with Crippen LogP contribution in [0.2, 0.25) is 0 Å². The highest BCUT2D eigenvalue weighted by molar-refractivity contribution is 6.09. The summed E-state index contributed by atoms with van der Waals surface area (Å²) in [4.78, 5) is 0. The highest BCUT2D eigenvalue weighted by Crippen LogP contribution is 2.32. The lowest BCUT2D eigenvalue weighted by atomic mass is 10.0. The summed E-state index contributed by atoms with van der Waals surface area (Å²) >= 11 is 0. The van der Waals surface area contributed by atoms with Crippen LogP contribution in [0.3, 0.4) is 0 Å². The van der Waals surface area contributed by atoms with Crippen molar-refractivity contribution >= 4 is 27.3 Å². The molecule has 3 heterocycles. The van der Waals surface area contributed by atoms with E-state index in [1.807, 2.05) is 0 Å². The molecule has 0 spiro atoms. The molecule has 5 rings (SSSR count). The number of pyridine rings is 1. The Bertz CT molecular complexity index is 1040. The zero-order valence-electron chi connectivity index (χ0n) is 12.2. The Balaban J connectivity index is 2.16. The molecule has 0 atom stereocenters. The van der Waals surface area contributed by atoms with Crippen LogP contribution in [0.25, 0.3) is 27.3 Å². The molecule has 1 aliphatic heterocycles. The SMILES string of the molecule is CC(C)n1nc2c3ccccc3c3cccc4c3[n+]2c1C4. The Kier molecular flexibility index (Phi) is 1.94. The van der Waals surface area contributed by atoms with Gasteiger partial charge in [-0.25, -0.2) is 0 Å². The Morgan fingerprint density at radius 1 is 1.00 bits per heavy atom. The first kappa shape index (κ1) is 11.3. The summed E-state index contributed by atoms with van der Waals surface area (Å²) in [6, 6.07) is 15.6. The number of nitrogens with zero attached hydrogens (tertiary/aromatic N) is 3. The van der Waals surface area contributed by atoms with Crippen LogP contribution in [0.5, 0.6) is 0 Å². The molecule has 3 heteroatoms. The third-order valence-corrected chi connectivity index (χ3v) is 4.58. The topological polar surface area (TPSA) is 21.9 Å². The molecule has 4 aromatic rings. The van der Waals surface area contributed by atoms with Gasteiger partial charge in [-0.2, -0.15) is 4.40 Å². The monoisotopic (exact) mass is 274 g/mol. The average molecular weight is 274 g/mol. The molecular weight excluding hydrogens is 258 g/mol. The predicted molar refractivity (Wildman–Crippen MR) is 83.6 cm³/mol. The van der Waals surface area contributed by atoms with Gasteiger partial charge in [0, 0.05) is 16.0 Å². The molecule has 0 saturated heterocycles. The molecule has 0 fully saturated rings. The van der Waals surface area contributed by atoms with E-state index in [0.29, 0.717) is 6.04 Å². The maximum absolute atomic E-state index is 4.91. The fraction of sp³-hybridized carbons (Fsp3) is 0.222. The van der Waals surface area contributed by atoms with Crippen LogP contribution in [0.1, 0.15) is 31.3 Å². The summed E-state index contributed by atoms with van der Waals surface area (Å²) in [5, 5.41) is 8.79.